The Morgan fingerprint density at radius 2 is 2.20 bits per heavy atom. The zero-order chi connectivity index (χ0) is 11.5. The van der Waals surface area contributed by atoms with Crippen molar-refractivity contribution < 1.29 is 17.7 Å². The Morgan fingerprint density at radius 3 is 2.80 bits per heavy atom. The molecule has 1 aromatic rings. The maximum Gasteiger partial charge on any atom is 0.300 e. The van der Waals surface area contributed by atoms with Crippen LogP contribution in [0.4, 0.5) is 0 Å². The van der Waals surface area contributed by atoms with Crippen LogP contribution < -0.4 is 0 Å². The lowest BCUT2D eigenvalue weighted by molar-refractivity contribution is 0.353. The molecule has 5 heteroatoms. The van der Waals surface area contributed by atoms with Crippen LogP contribution in [0.25, 0.3) is 0 Å². The smallest absolute Gasteiger partial charge is 0.300 e. The zero-order valence-electron chi connectivity index (χ0n) is 8.30. The lowest BCUT2D eigenvalue weighted by atomic mass is 10.2. The molecule has 0 spiro atoms. The fraction of sp³-hybridized carbons (Fsp3) is 0.200. The van der Waals surface area contributed by atoms with E-state index >= 15 is 0 Å². The Hall–Kier alpha value is -1.33. The molecule has 0 fully saturated rings. The summed E-state index contributed by atoms with van der Waals surface area (Å²) < 4.78 is 27.7. The van der Waals surface area contributed by atoms with Gasteiger partial charge in [0.2, 0.25) is 0 Å². The van der Waals surface area contributed by atoms with E-state index in [1.165, 1.54) is 12.1 Å². The van der Waals surface area contributed by atoms with Gasteiger partial charge in [0.05, 0.1) is 6.61 Å². The van der Waals surface area contributed by atoms with E-state index in [1.54, 1.807) is 19.1 Å². The molecule has 0 amide bonds. The van der Waals surface area contributed by atoms with Crippen LogP contribution in [0.15, 0.2) is 35.7 Å². The van der Waals surface area contributed by atoms with Gasteiger partial charge in [-0.15, -0.1) is 6.58 Å². The van der Waals surface area contributed by atoms with Gasteiger partial charge < -0.3 is 5.11 Å². The number of benzene rings is 1. The molecule has 82 valence electrons. The highest BCUT2D eigenvalue weighted by molar-refractivity contribution is 7.86. The molecule has 0 aliphatic rings. The Bertz CT molecular complexity index is 462. The molecule has 0 aliphatic carbocycles. The van der Waals surface area contributed by atoms with Crippen LogP contribution >= 0.6 is 0 Å². The highest BCUT2D eigenvalue weighted by Crippen LogP contribution is 2.27. The van der Waals surface area contributed by atoms with Crippen molar-refractivity contribution in [3.63, 3.8) is 0 Å². The number of phenols is 1. The number of hydrogen-bond acceptors (Lipinski definition) is 4. The third-order valence-corrected chi connectivity index (χ3v) is 3.13. The van der Waals surface area contributed by atoms with Crippen molar-refractivity contribution in [1.82, 2.24) is 0 Å². The first-order valence-electron chi connectivity index (χ1n) is 4.28. The first-order valence-corrected chi connectivity index (χ1v) is 5.69. The normalized spacial score (nSPS) is 11.3. The standard InChI is InChI=1S/C10H12O4S/c1-3-7-14-15(12,13)9-6-4-5-8(2)10(9)11/h3-6,11H,1,7H2,2H3. The van der Waals surface area contributed by atoms with Gasteiger partial charge in [-0.25, -0.2) is 0 Å². The van der Waals surface area contributed by atoms with Gasteiger partial charge in [-0.3, -0.25) is 4.18 Å². The molecule has 0 heterocycles. The third kappa shape index (κ3) is 2.57. The SMILES string of the molecule is C=CCOS(=O)(=O)c1cccc(C)c1O. The molecule has 15 heavy (non-hydrogen) atoms. The molecular formula is C10H12O4S. The highest BCUT2D eigenvalue weighted by atomic mass is 32.2. The Kier molecular flexibility index (Phi) is 3.49. The monoisotopic (exact) mass is 228 g/mol. The number of aryl methyl sites for hydroxylation is 1. The Balaban J connectivity index is 3.16. The number of aromatic hydroxyl groups is 1. The van der Waals surface area contributed by atoms with Crippen molar-refractivity contribution in [2.24, 2.45) is 0 Å². The molecule has 4 nitrogen and oxygen atoms in total. The van der Waals surface area contributed by atoms with E-state index in [0.29, 0.717) is 5.56 Å². The Labute approximate surface area is 88.9 Å². The summed E-state index contributed by atoms with van der Waals surface area (Å²) in [6, 6.07) is 4.45. The summed E-state index contributed by atoms with van der Waals surface area (Å²) in [4.78, 5) is -0.218. The van der Waals surface area contributed by atoms with E-state index in [-0.39, 0.29) is 17.3 Å². The van der Waals surface area contributed by atoms with E-state index in [2.05, 4.69) is 10.8 Å². The molecule has 0 saturated heterocycles. The summed E-state index contributed by atoms with van der Waals surface area (Å²) in [5.41, 5.74) is 0.485. The predicted octanol–water partition coefficient (Wildman–Crippen LogP) is 1.59. The van der Waals surface area contributed by atoms with Gasteiger partial charge >= 0.3 is 10.1 Å². The lowest BCUT2D eigenvalue weighted by Gasteiger charge is -2.07. The van der Waals surface area contributed by atoms with Gasteiger partial charge in [0.15, 0.2) is 0 Å². The average Bonchev–Trinajstić information content (AvgIpc) is 2.19. The minimum atomic E-state index is -3.90. The lowest BCUT2D eigenvalue weighted by Crippen LogP contribution is -2.06. The molecule has 1 aromatic carbocycles. The molecule has 0 aromatic heterocycles. The topological polar surface area (TPSA) is 63.6 Å². The molecule has 0 saturated carbocycles. The number of rotatable bonds is 4. The molecule has 0 unspecified atom stereocenters. The van der Waals surface area contributed by atoms with Crippen LogP contribution in [0.2, 0.25) is 0 Å². The third-order valence-electron chi connectivity index (χ3n) is 1.81. The summed E-state index contributed by atoms with van der Waals surface area (Å²) in [6.07, 6.45) is 1.32. The van der Waals surface area contributed by atoms with Crippen molar-refractivity contribution >= 4 is 10.1 Å². The van der Waals surface area contributed by atoms with Gasteiger partial charge in [0.1, 0.15) is 10.6 Å². The average molecular weight is 228 g/mol. The summed E-state index contributed by atoms with van der Waals surface area (Å²) in [7, 11) is -3.90. The van der Waals surface area contributed by atoms with Gasteiger partial charge in [-0.1, -0.05) is 18.2 Å². The minimum Gasteiger partial charge on any atom is -0.506 e. The summed E-state index contributed by atoms with van der Waals surface area (Å²) in [5.74, 6) is -0.276. The van der Waals surface area contributed by atoms with Crippen molar-refractivity contribution in [2.75, 3.05) is 6.61 Å². The number of hydrogen-bond donors (Lipinski definition) is 1. The van der Waals surface area contributed by atoms with Crippen LogP contribution in [-0.4, -0.2) is 20.1 Å². The first-order chi connectivity index (χ1) is 6.99. The van der Waals surface area contributed by atoms with Crippen LogP contribution in [0.5, 0.6) is 5.75 Å². The maximum atomic E-state index is 11.5. The van der Waals surface area contributed by atoms with Crippen molar-refractivity contribution in [3.8, 4) is 5.75 Å². The largest absolute Gasteiger partial charge is 0.506 e. The Morgan fingerprint density at radius 1 is 1.53 bits per heavy atom. The fourth-order valence-electron chi connectivity index (χ4n) is 1.03. The summed E-state index contributed by atoms with van der Waals surface area (Å²) in [6.45, 7) is 4.84. The van der Waals surface area contributed by atoms with Gasteiger partial charge in [0.25, 0.3) is 0 Å². The predicted molar refractivity (Wildman–Crippen MR) is 56.2 cm³/mol. The molecule has 0 radical (unpaired) electrons. The maximum absolute atomic E-state index is 11.5. The highest BCUT2D eigenvalue weighted by Gasteiger charge is 2.19. The molecule has 0 aliphatic heterocycles. The van der Waals surface area contributed by atoms with E-state index in [1.807, 2.05) is 0 Å². The van der Waals surface area contributed by atoms with E-state index in [9.17, 15) is 13.5 Å². The molecule has 0 atom stereocenters. The minimum absolute atomic E-state index is 0.115. The number of para-hydroxylation sites is 1. The van der Waals surface area contributed by atoms with Crippen molar-refractivity contribution in [2.45, 2.75) is 11.8 Å². The number of phenolic OH excluding ortho intramolecular Hbond substituents is 1. The van der Waals surface area contributed by atoms with Crippen LogP contribution in [-0.2, 0) is 14.3 Å². The van der Waals surface area contributed by atoms with Crippen LogP contribution in [0.1, 0.15) is 5.56 Å². The summed E-state index contributed by atoms with van der Waals surface area (Å²) >= 11 is 0. The second-order valence-corrected chi connectivity index (χ2v) is 4.53. The van der Waals surface area contributed by atoms with Crippen LogP contribution in [0, 0.1) is 6.92 Å². The molecule has 1 rings (SSSR count). The van der Waals surface area contributed by atoms with Crippen molar-refractivity contribution in [3.05, 3.63) is 36.4 Å². The molecular weight excluding hydrogens is 216 g/mol. The van der Waals surface area contributed by atoms with Gasteiger partial charge in [-0.05, 0) is 18.6 Å². The van der Waals surface area contributed by atoms with Gasteiger partial charge in [-0.2, -0.15) is 8.42 Å². The first kappa shape index (κ1) is 11.7. The fourth-order valence-corrected chi connectivity index (χ4v) is 2.08. The van der Waals surface area contributed by atoms with E-state index in [4.69, 9.17) is 0 Å². The second kappa shape index (κ2) is 4.46. The quantitative estimate of drug-likeness (QED) is 0.628. The second-order valence-electron chi connectivity index (χ2n) is 2.95. The molecule has 0 bridgehead atoms. The van der Waals surface area contributed by atoms with Gasteiger partial charge in [0, 0.05) is 0 Å². The van der Waals surface area contributed by atoms with E-state index < -0.39 is 10.1 Å². The van der Waals surface area contributed by atoms with Crippen LogP contribution in [0.3, 0.4) is 0 Å². The van der Waals surface area contributed by atoms with Crippen molar-refractivity contribution in [1.29, 1.82) is 0 Å². The molecule has 1 N–H and O–H groups in total. The summed E-state index contributed by atoms with van der Waals surface area (Å²) in [5, 5.41) is 9.55. The zero-order valence-corrected chi connectivity index (χ0v) is 9.12. The van der Waals surface area contributed by atoms with E-state index in [0.717, 1.165) is 0 Å².